The molecule has 0 spiro atoms. The Morgan fingerprint density at radius 2 is 2.05 bits per heavy atom. The Balaban J connectivity index is 1.71. The highest BCUT2D eigenvalue weighted by molar-refractivity contribution is 5.82. The van der Waals surface area contributed by atoms with E-state index in [0.29, 0.717) is 23.6 Å². The van der Waals surface area contributed by atoms with Crippen LogP contribution in [0.15, 0.2) is 33.5 Å². The van der Waals surface area contributed by atoms with Crippen LogP contribution < -0.4 is 11.1 Å². The first kappa shape index (κ1) is 14.9. The van der Waals surface area contributed by atoms with Crippen LogP contribution in [-0.4, -0.2) is 17.0 Å². The summed E-state index contributed by atoms with van der Waals surface area (Å²) in [6.07, 6.45) is 6.17. The predicted octanol–water partition coefficient (Wildman–Crippen LogP) is 2.85. The Morgan fingerprint density at radius 3 is 2.82 bits per heavy atom. The van der Waals surface area contributed by atoms with Crippen LogP contribution >= 0.6 is 0 Å². The SMILES string of the molecule is CC(C(=O)NCC1CCCCC1)n1c(=O)oc2ccccc21. The zero-order chi connectivity index (χ0) is 15.5. The van der Waals surface area contributed by atoms with E-state index >= 15 is 0 Å². The maximum Gasteiger partial charge on any atom is 0.420 e. The third-order valence-electron chi connectivity index (χ3n) is 4.58. The van der Waals surface area contributed by atoms with Gasteiger partial charge in [0.05, 0.1) is 5.52 Å². The van der Waals surface area contributed by atoms with Gasteiger partial charge in [-0.2, -0.15) is 0 Å². The Morgan fingerprint density at radius 1 is 1.32 bits per heavy atom. The first-order valence-corrected chi connectivity index (χ1v) is 8.04. The maximum atomic E-state index is 12.4. The van der Waals surface area contributed by atoms with Crippen molar-refractivity contribution < 1.29 is 9.21 Å². The number of carbonyl (C=O) groups excluding carboxylic acids is 1. The summed E-state index contributed by atoms with van der Waals surface area (Å²) in [6, 6.07) is 6.61. The molecule has 1 unspecified atom stereocenters. The first-order chi connectivity index (χ1) is 10.7. The van der Waals surface area contributed by atoms with Gasteiger partial charge in [-0.25, -0.2) is 4.79 Å². The van der Waals surface area contributed by atoms with Crippen LogP contribution in [0.5, 0.6) is 0 Å². The second-order valence-corrected chi connectivity index (χ2v) is 6.13. The molecule has 1 heterocycles. The monoisotopic (exact) mass is 302 g/mol. The van der Waals surface area contributed by atoms with Gasteiger partial charge in [0.25, 0.3) is 0 Å². The molecule has 0 radical (unpaired) electrons. The normalized spacial score (nSPS) is 17.5. The molecule has 1 fully saturated rings. The first-order valence-electron chi connectivity index (χ1n) is 8.04. The van der Waals surface area contributed by atoms with E-state index in [9.17, 15) is 9.59 Å². The van der Waals surface area contributed by atoms with Crippen molar-refractivity contribution in [2.75, 3.05) is 6.54 Å². The quantitative estimate of drug-likeness (QED) is 0.944. The highest BCUT2D eigenvalue weighted by Gasteiger charge is 2.22. The molecule has 0 bridgehead atoms. The van der Waals surface area contributed by atoms with E-state index < -0.39 is 11.8 Å². The minimum atomic E-state index is -0.570. The Bertz CT molecular complexity index is 710. The largest absolute Gasteiger partial charge is 0.420 e. The van der Waals surface area contributed by atoms with E-state index in [1.54, 1.807) is 19.1 Å². The standard InChI is InChI=1S/C17H22N2O3/c1-12(16(20)18-11-13-7-3-2-4-8-13)19-14-9-5-6-10-15(14)22-17(19)21/h5-6,9-10,12-13H,2-4,7-8,11H2,1H3,(H,18,20). The van der Waals surface area contributed by atoms with Crippen molar-refractivity contribution in [3.63, 3.8) is 0 Å². The fraction of sp³-hybridized carbons (Fsp3) is 0.529. The molecule has 1 aliphatic carbocycles. The van der Waals surface area contributed by atoms with Gasteiger partial charge < -0.3 is 9.73 Å². The highest BCUT2D eigenvalue weighted by Crippen LogP contribution is 2.23. The van der Waals surface area contributed by atoms with Gasteiger partial charge in [0.15, 0.2) is 5.58 Å². The van der Waals surface area contributed by atoms with Gasteiger partial charge in [0.2, 0.25) is 5.91 Å². The lowest BCUT2D eigenvalue weighted by molar-refractivity contribution is -0.124. The maximum absolute atomic E-state index is 12.4. The number of hydrogen-bond donors (Lipinski definition) is 1. The van der Waals surface area contributed by atoms with Gasteiger partial charge in [-0.05, 0) is 37.8 Å². The van der Waals surface area contributed by atoms with Crippen molar-refractivity contribution in [2.24, 2.45) is 5.92 Å². The number of hydrogen-bond acceptors (Lipinski definition) is 3. The van der Waals surface area contributed by atoms with Crippen LogP contribution in [0.3, 0.4) is 0 Å². The molecular formula is C17H22N2O3. The molecule has 1 atom stereocenters. The summed E-state index contributed by atoms with van der Waals surface area (Å²) in [6.45, 7) is 2.44. The van der Waals surface area contributed by atoms with Crippen LogP contribution in [0.4, 0.5) is 0 Å². The summed E-state index contributed by atoms with van der Waals surface area (Å²) >= 11 is 0. The second kappa shape index (κ2) is 6.38. The van der Waals surface area contributed by atoms with Gasteiger partial charge in [-0.3, -0.25) is 9.36 Å². The minimum absolute atomic E-state index is 0.126. The van der Waals surface area contributed by atoms with Crippen molar-refractivity contribution >= 4 is 17.0 Å². The molecular weight excluding hydrogens is 280 g/mol. The van der Waals surface area contributed by atoms with Crippen LogP contribution in [-0.2, 0) is 4.79 Å². The molecule has 1 aliphatic rings. The number of nitrogens with one attached hydrogen (secondary N) is 1. The molecule has 1 saturated carbocycles. The number of rotatable bonds is 4. The summed E-state index contributed by atoms with van der Waals surface area (Å²) in [7, 11) is 0. The van der Waals surface area contributed by atoms with Gasteiger partial charge in [-0.1, -0.05) is 31.4 Å². The summed E-state index contributed by atoms with van der Waals surface area (Å²) in [4.78, 5) is 24.4. The van der Waals surface area contributed by atoms with Crippen molar-refractivity contribution in [1.82, 2.24) is 9.88 Å². The molecule has 1 aromatic carbocycles. The van der Waals surface area contributed by atoms with Crippen molar-refractivity contribution in [3.8, 4) is 0 Å². The molecule has 5 heteroatoms. The lowest BCUT2D eigenvalue weighted by Crippen LogP contribution is -2.37. The molecule has 5 nitrogen and oxygen atoms in total. The summed E-state index contributed by atoms with van der Waals surface area (Å²) in [5.74, 6) is -0.0385. The average Bonchev–Trinajstić information content (AvgIpc) is 2.88. The number of benzene rings is 1. The second-order valence-electron chi connectivity index (χ2n) is 6.13. The number of fused-ring (bicyclic) bond motifs is 1. The topological polar surface area (TPSA) is 64.2 Å². The molecule has 0 saturated heterocycles. The van der Waals surface area contributed by atoms with E-state index in [1.165, 1.54) is 36.7 Å². The molecule has 2 aromatic rings. The summed E-state index contributed by atoms with van der Waals surface area (Å²) < 4.78 is 6.61. The number of amides is 1. The number of aromatic nitrogens is 1. The molecule has 1 N–H and O–H groups in total. The zero-order valence-corrected chi connectivity index (χ0v) is 12.9. The van der Waals surface area contributed by atoms with E-state index in [-0.39, 0.29) is 5.91 Å². The number of nitrogens with zero attached hydrogens (tertiary/aromatic N) is 1. The lowest BCUT2D eigenvalue weighted by Gasteiger charge is -2.22. The van der Waals surface area contributed by atoms with Gasteiger partial charge >= 0.3 is 5.76 Å². The molecule has 118 valence electrons. The highest BCUT2D eigenvalue weighted by atomic mass is 16.4. The summed E-state index contributed by atoms with van der Waals surface area (Å²) in [5, 5.41) is 2.99. The van der Waals surface area contributed by atoms with E-state index in [0.717, 1.165) is 0 Å². The van der Waals surface area contributed by atoms with Crippen LogP contribution in [0.1, 0.15) is 45.1 Å². The average molecular weight is 302 g/mol. The van der Waals surface area contributed by atoms with Gasteiger partial charge in [0, 0.05) is 6.54 Å². The predicted molar refractivity (Wildman–Crippen MR) is 84.8 cm³/mol. The van der Waals surface area contributed by atoms with E-state index in [1.807, 2.05) is 12.1 Å². The zero-order valence-electron chi connectivity index (χ0n) is 12.9. The van der Waals surface area contributed by atoms with Crippen molar-refractivity contribution in [2.45, 2.75) is 45.1 Å². The number of para-hydroxylation sites is 2. The number of carbonyl (C=O) groups is 1. The number of oxazole rings is 1. The van der Waals surface area contributed by atoms with Gasteiger partial charge in [0.1, 0.15) is 6.04 Å². The Labute approximate surface area is 129 Å². The molecule has 1 aromatic heterocycles. The third kappa shape index (κ3) is 2.93. The fourth-order valence-corrected chi connectivity index (χ4v) is 3.25. The lowest BCUT2D eigenvalue weighted by atomic mass is 9.89. The van der Waals surface area contributed by atoms with E-state index in [4.69, 9.17) is 4.42 Å². The fourth-order valence-electron chi connectivity index (χ4n) is 3.25. The van der Waals surface area contributed by atoms with E-state index in [2.05, 4.69) is 5.32 Å². The molecule has 0 aliphatic heterocycles. The van der Waals surface area contributed by atoms with Crippen molar-refractivity contribution in [1.29, 1.82) is 0 Å². The smallest absolute Gasteiger partial charge is 0.408 e. The molecule has 22 heavy (non-hydrogen) atoms. The van der Waals surface area contributed by atoms with Crippen LogP contribution in [0, 0.1) is 5.92 Å². The van der Waals surface area contributed by atoms with Crippen molar-refractivity contribution in [3.05, 3.63) is 34.8 Å². The Kier molecular flexibility index (Phi) is 4.32. The van der Waals surface area contributed by atoms with Gasteiger partial charge in [-0.15, -0.1) is 0 Å². The molecule has 1 amide bonds. The third-order valence-corrected chi connectivity index (χ3v) is 4.58. The van der Waals surface area contributed by atoms with Crippen LogP contribution in [0.25, 0.3) is 11.1 Å². The Hall–Kier alpha value is -2.04. The molecule has 3 rings (SSSR count). The minimum Gasteiger partial charge on any atom is -0.408 e. The van der Waals surface area contributed by atoms with Crippen LogP contribution in [0.2, 0.25) is 0 Å². The summed E-state index contributed by atoms with van der Waals surface area (Å²) in [5.41, 5.74) is 1.17.